The largest absolute Gasteiger partial charge is 0.481 e. The first-order valence-corrected chi connectivity index (χ1v) is 6.98. The molecule has 0 bridgehead atoms. The molecule has 1 aliphatic carbocycles. The molecule has 2 unspecified atom stereocenters. The van der Waals surface area contributed by atoms with Gasteiger partial charge in [0.05, 0.1) is 11.5 Å². The lowest BCUT2D eigenvalue weighted by atomic mass is 9.72. The summed E-state index contributed by atoms with van der Waals surface area (Å²) in [7, 11) is 0. The third-order valence-corrected chi connectivity index (χ3v) is 4.34. The van der Waals surface area contributed by atoms with Gasteiger partial charge in [0.25, 0.3) is 0 Å². The van der Waals surface area contributed by atoms with Gasteiger partial charge in [0, 0.05) is 10.9 Å². The van der Waals surface area contributed by atoms with Crippen LogP contribution in [0.2, 0.25) is 0 Å². The molecule has 0 heterocycles. The Morgan fingerprint density at radius 3 is 2.83 bits per heavy atom. The van der Waals surface area contributed by atoms with Crippen molar-refractivity contribution in [2.45, 2.75) is 38.2 Å². The van der Waals surface area contributed by atoms with Gasteiger partial charge in [-0.25, -0.2) is 0 Å². The summed E-state index contributed by atoms with van der Waals surface area (Å²) in [6, 6.07) is 5.96. The van der Waals surface area contributed by atoms with E-state index in [4.69, 9.17) is 0 Å². The molecule has 3 nitrogen and oxygen atoms in total. The number of carboxylic acid groups (broad SMARTS) is 1. The zero-order valence-corrected chi connectivity index (χ0v) is 11.9. The summed E-state index contributed by atoms with van der Waals surface area (Å²) < 4.78 is 1.02. The van der Waals surface area contributed by atoms with Gasteiger partial charge in [0.15, 0.2) is 0 Å². The lowest BCUT2D eigenvalue weighted by Gasteiger charge is -2.37. The van der Waals surface area contributed by atoms with Crippen LogP contribution in [0, 0.1) is 5.92 Å². The highest BCUT2D eigenvalue weighted by Gasteiger charge is 2.42. The molecule has 2 rings (SSSR count). The monoisotopic (exact) mass is 312 g/mol. The van der Waals surface area contributed by atoms with Crippen molar-refractivity contribution in [1.29, 1.82) is 0 Å². The molecule has 0 saturated carbocycles. The van der Waals surface area contributed by atoms with Crippen molar-refractivity contribution in [2.24, 2.45) is 5.92 Å². The van der Waals surface area contributed by atoms with Gasteiger partial charge >= 0.3 is 5.97 Å². The summed E-state index contributed by atoms with van der Waals surface area (Å²) in [5.41, 5.74) is 1.16. The predicted octanol–water partition coefficient (Wildman–Crippen LogP) is 2.78. The Morgan fingerprint density at radius 1 is 1.50 bits per heavy atom. The summed E-state index contributed by atoms with van der Waals surface area (Å²) in [5, 5.41) is 19.8. The SMILES string of the molecule is CCC(C(=O)O)C1(O)CCc2cc(Br)ccc2C1. The highest BCUT2D eigenvalue weighted by Crippen LogP contribution is 2.36. The molecule has 1 aliphatic rings. The number of carbonyl (C=O) groups is 1. The summed E-state index contributed by atoms with van der Waals surface area (Å²) in [4.78, 5) is 11.2. The van der Waals surface area contributed by atoms with Crippen molar-refractivity contribution in [3.8, 4) is 0 Å². The lowest BCUT2D eigenvalue weighted by Crippen LogP contribution is -2.46. The maximum Gasteiger partial charge on any atom is 0.309 e. The third-order valence-electron chi connectivity index (χ3n) is 3.85. The van der Waals surface area contributed by atoms with E-state index >= 15 is 0 Å². The number of aryl methyl sites for hydroxylation is 1. The molecule has 0 fully saturated rings. The number of rotatable bonds is 3. The van der Waals surface area contributed by atoms with Gasteiger partial charge in [0.2, 0.25) is 0 Å². The molecule has 0 aliphatic heterocycles. The van der Waals surface area contributed by atoms with Crippen LogP contribution in [0.25, 0.3) is 0 Å². The number of hydrogen-bond donors (Lipinski definition) is 2. The fourth-order valence-corrected chi connectivity index (χ4v) is 3.26. The summed E-state index contributed by atoms with van der Waals surface area (Å²) in [5.74, 6) is -1.59. The highest BCUT2D eigenvalue weighted by molar-refractivity contribution is 9.10. The predicted molar refractivity (Wildman–Crippen MR) is 72.5 cm³/mol. The normalized spacial score (nSPS) is 24.4. The Balaban J connectivity index is 2.30. The Morgan fingerprint density at radius 2 is 2.22 bits per heavy atom. The minimum Gasteiger partial charge on any atom is -0.481 e. The van der Waals surface area contributed by atoms with E-state index in [-0.39, 0.29) is 0 Å². The van der Waals surface area contributed by atoms with E-state index < -0.39 is 17.5 Å². The topological polar surface area (TPSA) is 57.5 Å². The molecule has 0 radical (unpaired) electrons. The van der Waals surface area contributed by atoms with Gasteiger partial charge in [-0.15, -0.1) is 0 Å². The van der Waals surface area contributed by atoms with Crippen LogP contribution in [0.3, 0.4) is 0 Å². The summed E-state index contributed by atoms with van der Waals surface area (Å²) >= 11 is 3.43. The van der Waals surface area contributed by atoms with Crippen molar-refractivity contribution >= 4 is 21.9 Å². The molecule has 2 atom stereocenters. The Hall–Kier alpha value is -0.870. The number of hydrogen-bond acceptors (Lipinski definition) is 2. The van der Waals surface area contributed by atoms with Crippen LogP contribution in [0.5, 0.6) is 0 Å². The van der Waals surface area contributed by atoms with E-state index in [1.54, 1.807) is 0 Å². The van der Waals surface area contributed by atoms with Gasteiger partial charge in [-0.05, 0) is 42.5 Å². The Kier molecular flexibility index (Phi) is 3.78. The van der Waals surface area contributed by atoms with E-state index in [9.17, 15) is 15.0 Å². The lowest BCUT2D eigenvalue weighted by molar-refractivity contribution is -0.153. The molecule has 18 heavy (non-hydrogen) atoms. The zero-order chi connectivity index (χ0) is 13.3. The van der Waals surface area contributed by atoms with Crippen molar-refractivity contribution in [3.05, 3.63) is 33.8 Å². The van der Waals surface area contributed by atoms with Crippen LogP contribution in [0.15, 0.2) is 22.7 Å². The minimum absolute atomic E-state index is 0.431. The number of aliphatic hydroxyl groups is 1. The molecule has 0 saturated heterocycles. The van der Waals surface area contributed by atoms with Crippen LogP contribution in [-0.4, -0.2) is 21.8 Å². The number of benzene rings is 1. The van der Waals surface area contributed by atoms with E-state index in [1.807, 2.05) is 19.1 Å². The van der Waals surface area contributed by atoms with Crippen LogP contribution in [0.1, 0.15) is 30.9 Å². The van der Waals surface area contributed by atoms with Crippen molar-refractivity contribution < 1.29 is 15.0 Å². The number of fused-ring (bicyclic) bond motifs is 1. The summed E-state index contributed by atoms with van der Waals surface area (Å²) in [6.07, 6.45) is 2.13. The molecule has 0 aromatic heterocycles. The van der Waals surface area contributed by atoms with Crippen LogP contribution >= 0.6 is 15.9 Å². The first-order chi connectivity index (χ1) is 8.46. The fourth-order valence-electron chi connectivity index (χ4n) is 2.85. The van der Waals surface area contributed by atoms with Gasteiger partial charge in [-0.3, -0.25) is 4.79 Å². The molecule has 1 aromatic carbocycles. The zero-order valence-electron chi connectivity index (χ0n) is 10.3. The quantitative estimate of drug-likeness (QED) is 0.902. The second-order valence-electron chi connectivity index (χ2n) is 4.99. The van der Waals surface area contributed by atoms with Crippen LogP contribution < -0.4 is 0 Å². The standard InChI is InChI=1S/C14H17BrO3/c1-2-12(13(16)17)14(18)6-5-9-7-11(15)4-3-10(9)8-14/h3-4,7,12,18H,2,5-6,8H2,1H3,(H,16,17). The van der Waals surface area contributed by atoms with E-state index in [1.165, 1.54) is 5.56 Å². The van der Waals surface area contributed by atoms with Crippen LogP contribution in [-0.2, 0) is 17.6 Å². The molecule has 0 amide bonds. The molecule has 4 heteroatoms. The fraction of sp³-hybridized carbons (Fsp3) is 0.500. The third kappa shape index (κ3) is 2.45. The number of aliphatic carboxylic acids is 1. The second kappa shape index (κ2) is 5.02. The minimum atomic E-state index is -1.11. The molecule has 98 valence electrons. The number of halogens is 1. The van der Waals surface area contributed by atoms with Gasteiger partial charge in [-0.1, -0.05) is 28.9 Å². The maximum atomic E-state index is 11.2. The molecular weight excluding hydrogens is 296 g/mol. The first-order valence-electron chi connectivity index (χ1n) is 6.19. The second-order valence-corrected chi connectivity index (χ2v) is 5.91. The van der Waals surface area contributed by atoms with Crippen LogP contribution in [0.4, 0.5) is 0 Å². The van der Waals surface area contributed by atoms with E-state index in [2.05, 4.69) is 22.0 Å². The van der Waals surface area contributed by atoms with Gasteiger partial charge in [-0.2, -0.15) is 0 Å². The Labute approximate surface area is 115 Å². The molecule has 1 aromatic rings. The van der Waals surface area contributed by atoms with E-state index in [0.29, 0.717) is 19.3 Å². The van der Waals surface area contributed by atoms with Crippen molar-refractivity contribution in [3.63, 3.8) is 0 Å². The maximum absolute atomic E-state index is 11.2. The smallest absolute Gasteiger partial charge is 0.309 e. The summed E-state index contributed by atoms with van der Waals surface area (Å²) in [6.45, 7) is 1.81. The molecule has 2 N–H and O–H groups in total. The van der Waals surface area contributed by atoms with Gasteiger partial charge in [0.1, 0.15) is 0 Å². The average molecular weight is 313 g/mol. The van der Waals surface area contributed by atoms with Gasteiger partial charge < -0.3 is 10.2 Å². The van der Waals surface area contributed by atoms with E-state index in [0.717, 1.165) is 16.5 Å². The highest BCUT2D eigenvalue weighted by atomic mass is 79.9. The van der Waals surface area contributed by atoms with Crippen molar-refractivity contribution in [2.75, 3.05) is 0 Å². The average Bonchev–Trinajstić information content (AvgIpc) is 2.30. The first kappa shape index (κ1) is 13.6. The molecular formula is C14H17BrO3. The van der Waals surface area contributed by atoms with Crippen molar-refractivity contribution in [1.82, 2.24) is 0 Å². The number of carboxylic acids is 1. The molecule has 0 spiro atoms. The Bertz CT molecular complexity index is 472.